The molecule has 0 aliphatic rings. The number of halogens is 1. The lowest BCUT2D eigenvalue weighted by Crippen LogP contribution is -2.12. The second-order valence-electron chi connectivity index (χ2n) is 4.34. The summed E-state index contributed by atoms with van der Waals surface area (Å²) < 4.78 is 26.3. The number of benzene rings is 1. The van der Waals surface area contributed by atoms with Crippen molar-refractivity contribution in [3.8, 4) is 0 Å². The van der Waals surface area contributed by atoms with Crippen LogP contribution in [0.5, 0.6) is 0 Å². The monoisotopic (exact) mass is 314 g/mol. The fourth-order valence-corrected chi connectivity index (χ4v) is 3.30. The number of anilines is 1. The van der Waals surface area contributed by atoms with E-state index in [4.69, 9.17) is 17.3 Å². The van der Waals surface area contributed by atoms with E-state index in [1.165, 1.54) is 24.5 Å². The first-order valence-electron chi connectivity index (χ1n) is 6.08. The third kappa shape index (κ3) is 3.10. The van der Waals surface area contributed by atoms with Gasteiger partial charge in [-0.05, 0) is 24.6 Å². The Labute approximate surface area is 122 Å². The number of hydrogen-bond donors (Lipinski definition) is 1. The summed E-state index contributed by atoms with van der Waals surface area (Å²) in [7, 11) is -3.53. The van der Waals surface area contributed by atoms with Crippen LogP contribution >= 0.6 is 11.6 Å². The molecule has 0 unspecified atom stereocenters. The molecule has 20 heavy (non-hydrogen) atoms. The fourth-order valence-electron chi connectivity index (χ4n) is 1.75. The molecule has 0 spiro atoms. The molecule has 2 rings (SSSR count). The first-order valence-corrected chi connectivity index (χ1v) is 8.11. The number of rotatable bonds is 5. The van der Waals surface area contributed by atoms with Crippen LogP contribution in [-0.4, -0.2) is 23.2 Å². The molecule has 0 fully saturated rings. The van der Waals surface area contributed by atoms with E-state index in [-0.39, 0.29) is 15.7 Å². The first kappa shape index (κ1) is 14.8. The van der Waals surface area contributed by atoms with Crippen molar-refractivity contribution < 1.29 is 8.42 Å². The van der Waals surface area contributed by atoms with Crippen molar-refractivity contribution in [2.75, 3.05) is 5.73 Å². The Balaban J connectivity index is 2.31. The van der Waals surface area contributed by atoms with Crippen LogP contribution in [0, 0.1) is 0 Å². The van der Waals surface area contributed by atoms with Gasteiger partial charge in [0.2, 0.25) is 0 Å². The average Bonchev–Trinajstić information content (AvgIpc) is 2.80. The molecule has 8 heteroatoms. The lowest BCUT2D eigenvalue weighted by atomic mass is 10.3. The highest BCUT2D eigenvalue weighted by Crippen LogP contribution is 2.24. The van der Waals surface area contributed by atoms with Crippen LogP contribution in [0.25, 0.3) is 0 Å². The molecule has 108 valence electrons. The molecule has 1 aromatic carbocycles. The summed E-state index contributed by atoms with van der Waals surface area (Å²) in [4.78, 5) is 4.13. The maximum absolute atomic E-state index is 12.3. The Morgan fingerprint density at radius 3 is 2.80 bits per heavy atom. The predicted molar refractivity (Wildman–Crippen MR) is 77.1 cm³/mol. The molecular weight excluding hydrogens is 300 g/mol. The van der Waals surface area contributed by atoms with Gasteiger partial charge in [-0.2, -0.15) is 5.10 Å². The van der Waals surface area contributed by atoms with Crippen LogP contribution in [0.1, 0.15) is 19.2 Å². The van der Waals surface area contributed by atoms with Crippen LogP contribution in [0.15, 0.2) is 29.4 Å². The highest BCUT2D eigenvalue weighted by atomic mass is 35.5. The SMILES string of the molecule is CCCn1ncnc1CS(=O)(=O)c1ccc(N)c(Cl)c1. The number of nitrogen functional groups attached to an aromatic ring is 1. The maximum Gasteiger partial charge on any atom is 0.185 e. The van der Waals surface area contributed by atoms with Crippen molar-refractivity contribution in [3.05, 3.63) is 35.4 Å². The Kier molecular flexibility index (Phi) is 4.29. The molecule has 0 saturated heterocycles. The Bertz CT molecular complexity index is 712. The average molecular weight is 315 g/mol. The van der Waals surface area contributed by atoms with Gasteiger partial charge in [0.05, 0.1) is 15.6 Å². The highest BCUT2D eigenvalue weighted by molar-refractivity contribution is 7.90. The third-order valence-electron chi connectivity index (χ3n) is 2.78. The molecule has 1 aromatic heterocycles. The standard InChI is InChI=1S/C12H15ClN4O2S/c1-2-5-17-12(15-8-16-17)7-20(18,19)9-3-4-11(14)10(13)6-9/h3-4,6,8H,2,5,7,14H2,1H3. The van der Waals surface area contributed by atoms with Gasteiger partial charge in [0, 0.05) is 6.54 Å². The van der Waals surface area contributed by atoms with E-state index >= 15 is 0 Å². The van der Waals surface area contributed by atoms with Crippen molar-refractivity contribution in [2.45, 2.75) is 30.5 Å². The van der Waals surface area contributed by atoms with Gasteiger partial charge in [0.1, 0.15) is 17.9 Å². The van der Waals surface area contributed by atoms with E-state index in [1.54, 1.807) is 4.68 Å². The van der Waals surface area contributed by atoms with Crippen LogP contribution in [-0.2, 0) is 22.1 Å². The molecule has 1 heterocycles. The normalized spacial score (nSPS) is 11.7. The van der Waals surface area contributed by atoms with Crippen molar-refractivity contribution in [1.29, 1.82) is 0 Å². The van der Waals surface area contributed by atoms with Crippen LogP contribution in [0.4, 0.5) is 5.69 Å². The second kappa shape index (κ2) is 5.80. The maximum atomic E-state index is 12.3. The predicted octanol–water partition coefficient (Wildman–Crippen LogP) is 1.90. The molecule has 2 aromatic rings. The first-order chi connectivity index (χ1) is 9.44. The van der Waals surface area contributed by atoms with E-state index in [0.29, 0.717) is 18.1 Å². The summed E-state index contributed by atoms with van der Waals surface area (Å²) in [6, 6.07) is 4.27. The van der Waals surface area contributed by atoms with Gasteiger partial charge in [-0.15, -0.1) is 0 Å². The van der Waals surface area contributed by atoms with Crippen LogP contribution < -0.4 is 5.73 Å². The molecule has 0 amide bonds. The number of sulfone groups is 1. The molecule has 6 nitrogen and oxygen atoms in total. The molecule has 2 N–H and O–H groups in total. The third-order valence-corrected chi connectivity index (χ3v) is 4.72. The molecular formula is C12H15ClN4O2S. The Morgan fingerprint density at radius 2 is 2.15 bits per heavy atom. The van der Waals surface area contributed by atoms with Gasteiger partial charge < -0.3 is 5.73 Å². The number of aryl methyl sites for hydroxylation is 1. The zero-order valence-corrected chi connectivity index (χ0v) is 12.5. The quantitative estimate of drug-likeness (QED) is 0.851. The number of aromatic nitrogens is 3. The summed E-state index contributed by atoms with van der Waals surface area (Å²) >= 11 is 5.86. The van der Waals surface area contributed by atoms with E-state index in [2.05, 4.69) is 10.1 Å². The summed E-state index contributed by atoms with van der Waals surface area (Å²) in [5.74, 6) is 0.201. The van der Waals surface area contributed by atoms with Crippen molar-refractivity contribution in [1.82, 2.24) is 14.8 Å². The summed E-state index contributed by atoms with van der Waals surface area (Å²) in [6.07, 6.45) is 2.21. The van der Waals surface area contributed by atoms with Gasteiger partial charge in [-0.1, -0.05) is 18.5 Å². The van der Waals surface area contributed by atoms with Crippen molar-refractivity contribution >= 4 is 27.1 Å². The van der Waals surface area contributed by atoms with Crippen molar-refractivity contribution in [2.24, 2.45) is 0 Å². The summed E-state index contributed by atoms with van der Waals surface area (Å²) in [5.41, 5.74) is 5.93. The molecule has 0 aliphatic heterocycles. The van der Waals surface area contributed by atoms with E-state index in [0.717, 1.165) is 6.42 Å². The van der Waals surface area contributed by atoms with Crippen LogP contribution in [0.3, 0.4) is 0 Å². The lowest BCUT2D eigenvalue weighted by Gasteiger charge is -2.07. The van der Waals surface area contributed by atoms with E-state index in [1.807, 2.05) is 6.92 Å². The number of nitrogens with zero attached hydrogens (tertiary/aromatic N) is 3. The van der Waals surface area contributed by atoms with Gasteiger partial charge in [-0.3, -0.25) is 0 Å². The minimum atomic E-state index is -3.53. The highest BCUT2D eigenvalue weighted by Gasteiger charge is 2.19. The van der Waals surface area contributed by atoms with Gasteiger partial charge in [0.25, 0.3) is 0 Å². The minimum Gasteiger partial charge on any atom is -0.398 e. The second-order valence-corrected chi connectivity index (χ2v) is 6.74. The number of hydrogen-bond acceptors (Lipinski definition) is 5. The molecule has 0 bridgehead atoms. The summed E-state index contributed by atoms with van der Waals surface area (Å²) in [5, 5.41) is 4.23. The number of nitrogens with two attached hydrogens (primary N) is 1. The minimum absolute atomic E-state index is 0.128. The lowest BCUT2D eigenvalue weighted by molar-refractivity contribution is 0.566. The molecule has 0 aliphatic carbocycles. The zero-order chi connectivity index (χ0) is 14.8. The molecule has 0 saturated carbocycles. The van der Waals surface area contributed by atoms with Gasteiger partial charge in [-0.25, -0.2) is 18.1 Å². The molecule has 0 radical (unpaired) electrons. The largest absolute Gasteiger partial charge is 0.398 e. The Morgan fingerprint density at radius 1 is 1.40 bits per heavy atom. The van der Waals surface area contributed by atoms with E-state index < -0.39 is 9.84 Å². The van der Waals surface area contributed by atoms with Gasteiger partial charge in [0.15, 0.2) is 9.84 Å². The zero-order valence-electron chi connectivity index (χ0n) is 11.0. The van der Waals surface area contributed by atoms with Gasteiger partial charge >= 0.3 is 0 Å². The van der Waals surface area contributed by atoms with Crippen molar-refractivity contribution in [3.63, 3.8) is 0 Å². The Hall–Kier alpha value is -1.60. The topological polar surface area (TPSA) is 90.9 Å². The smallest absolute Gasteiger partial charge is 0.185 e. The fraction of sp³-hybridized carbons (Fsp3) is 0.333. The molecule has 0 atom stereocenters. The van der Waals surface area contributed by atoms with Crippen LogP contribution in [0.2, 0.25) is 5.02 Å². The van der Waals surface area contributed by atoms with E-state index in [9.17, 15) is 8.42 Å². The summed E-state index contributed by atoms with van der Waals surface area (Å²) in [6.45, 7) is 2.62.